The maximum Gasteiger partial charge on any atom is 0.158 e. The predicted molar refractivity (Wildman–Crippen MR) is 44.2 cm³/mol. The highest BCUT2D eigenvalue weighted by molar-refractivity contribution is 5.97. The summed E-state index contributed by atoms with van der Waals surface area (Å²) in [5.74, 6) is 0.643. The van der Waals surface area contributed by atoms with Gasteiger partial charge in [-0.1, -0.05) is 6.08 Å². The van der Waals surface area contributed by atoms with Crippen LogP contribution in [-0.4, -0.2) is 5.78 Å². The molecule has 1 fully saturated rings. The number of allylic oxidation sites excluding steroid dienone is 2. The lowest BCUT2D eigenvalue weighted by atomic mass is 9.80. The zero-order valence-corrected chi connectivity index (χ0v) is 6.92. The zero-order valence-electron chi connectivity index (χ0n) is 6.92. The van der Waals surface area contributed by atoms with Crippen molar-refractivity contribution < 1.29 is 4.79 Å². The van der Waals surface area contributed by atoms with Crippen LogP contribution in [0, 0.1) is 23.2 Å². The minimum Gasteiger partial charge on any atom is -0.295 e. The first-order valence-electron chi connectivity index (χ1n) is 4.46. The predicted octanol–water partition coefficient (Wildman–Crippen LogP) is 1.83. The molecule has 0 saturated heterocycles. The third-order valence-electron chi connectivity index (χ3n) is 2.88. The van der Waals surface area contributed by atoms with Gasteiger partial charge in [-0.2, -0.15) is 5.26 Å². The highest BCUT2D eigenvalue weighted by Crippen LogP contribution is 2.39. The van der Waals surface area contributed by atoms with Gasteiger partial charge in [-0.15, -0.1) is 0 Å². The van der Waals surface area contributed by atoms with E-state index in [-0.39, 0.29) is 17.6 Å². The maximum absolute atomic E-state index is 11.4. The van der Waals surface area contributed by atoms with Gasteiger partial charge in [0, 0.05) is 12.3 Å². The van der Waals surface area contributed by atoms with Crippen LogP contribution in [0.4, 0.5) is 0 Å². The Hall–Kier alpha value is -1.10. The van der Waals surface area contributed by atoms with Crippen molar-refractivity contribution in [3.63, 3.8) is 0 Å². The summed E-state index contributed by atoms with van der Waals surface area (Å²) in [7, 11) is 0. The number of fused-ring (bicyclic) bond motifs is 1. The molecular weight excluding hydrogens is 150 g/mol. The van der Waals surface area contributed by atoms with Gasteiger partial charge in [-0.3, -0.25) is 4.79 Å². The quantitative estimate of drug-likeness (QED) is 0.543. The number of Topliss-reactive ketones (excluding diaryl/α,β-unsaturated/α-hetero) is 1. The molecule has 2 aliphatic carbocycles. The fraction of sp³-hybridized carbons (Fsp3) is 0.600. The first-order chi connectivity index (χ1) is 5.83. The van der Waals surface area contributed by atoms with E-state index >= 15 is 0 Å². The molecule has 0 bridgehead atoms. The van der Waals surface area contributed by atoms with Gasteiger partial charge in [0.05, 0.1) is 12.0 Å². The lowest BCUT2D eigenvalue weighted by Crippen LogP contribution is -2.20. The average molecular weight is 161 g/mol. The van der Waals surface area contributed by atoms with Crippen molar-refractivity contribution in [1.29, 1.82) is 5.26 Å². The number of hydrogen-bond donors (Lipinski definition) is 0. The molecule has 2 atom stereocenters. The summed E-state index contributed by atoms with van der Waals surface area (Å²) in [5, 5.41) is 8.80. The Morgan fingerprint density at radius 1 is 1.58 bits per heavy atom. The van der Waals surface area contributed by atoms with Crippen LogP contribution in [0.3, 0.4) is 0 Å². The van der Waals surface area contributed by atoms with Crippen molar-refractivity contribution >= 4 is 5.78 Å². The fourth-order valence-corrected chi connectivity index (χ4v) is 2.23. The normalized spacial score (nSPS) is 33.9. The molecule has 0 spiro atoms. The maximum atomic E-state index is 11.4. The summed E-state index contributed by atoms with van der Waals surface area (Å²) < 4.78 is 0. The van der Waals surface area contributed by atoms with Crippen molar-refractivity contribution in [2.24, 2.45) is 11.8 Å². The highest BCUT2D eigenvalue weighted by Gasteiger charge is 2.35. The summed E-state index contributed by atoms with van der Waals surface area (Å²) in [6, 6.07) is 2.28. The first-order valence-corrected chi connectivity index (χ1v) is 4.46. The molecular formula is C10H11NO. The molecule has 2 heteroatoms. The summed E-state index contributed by atoms with van der Waals surface area (Å²) in [6.45, 7) is 0. The smallest absolute Gasteiger partial charge is 0.158 e. The average Bonchev–Trinajstić information content (AvgIpc) is 2.49. The lowest BCUT2D eigenvalue weighted by molar-refractivity contribution is -0.117. The van der Waals surface area contributed by atoms with E-state index in [9.17, 15) is 4.79 Å². The second-order valence-corrected chi connectivity index (χ2v) is 3.55. The Morgan fingerprint density at radius 2 is 2.42 bits per heavy atom. The number of carbonyl (C=O) groups is 1. The number of hydrogen-bond acceptors (Lipinski definition) is 2. The monoisotopic (exact) mass is 161 g/mol. The van der Waals surface area contributed by atoms with Crippen LogP contribution >= 0.6 is 0 Å². The second kappa shape index (κ2) is 2.75. The largest absolute Gasteiger partial charge is 0.295 e. The first kappa shape index (κ1) is 7.54. The van der Waals surface area contributed by atoms with E-state index in [2.05, 4.69) is 6.07 Å². The van der Waals surface area contributed by atoms with Crippen molar-refractivity contribution in [3.05, 3.63) is 11.6 Å². The molecule has 0 aromatic heterocycles. The van der Waals surface area contributed by atoms with Gasteiger partial charge in [0.2, 0.25) is 0 Å². The Labute approximate surface area is 71.9 Å². The second-order valence-electron chi connectivity index (χ2n) is 3.55. The Balaban J connectivity index is 2.23. The third-order valence-corrected chi connectivity index (χ3v) is 2.88. The van der Waals surface area contributed by atoms with E-state index in [0.29, 0.717) is 6.42 Å². The molecule has 1 saturated carbocycles. The SMILES string of the molecule is N#C[C@@H]1CC=C2C(=O)CCC[C@@H]21. The van der Waals surface area contributed by atoms with Crippen LogP contribution < -0.4 is 0 Å². The summed E-state index contributed by atoms with van der Waals surface area (Å²) >= 11 is 0. The topological polar surface area (TPSA) is 40.9 Å². The Morgan fingerprint density at radius 3 is 3.17 bits per heavy atom. The molecule has 62 valence electrons. The molecule has 0 unspecified atom stereocenters. The standard InChI is InChI=1S/C10H11NO/c11-6-7-4-5-9-8(7)2-1-3-10(9)12/h5,7-8H,1-4H2/t7-,8+/m0/s1. The molecule has 0 radical (unpaired) electrons. The van der Waals surface area contributed by atoms with Gasteiger partial charge in [0.25, 0.3) is 0 Å². The van der Waals surface area contributed by atoms with E-state index in [0.717, 1.165) is 24.8 Å². The minimum absolute atomic E-state index is 0.0873. The summed E-state index contributed by atoms with van der Waals surface area (Å²) in [5.41, 5.74) is 0.952. The van der Waals surface area contributed by atoms with Gasteiger partial charge in [-0.05, 0) is 24.8 Å². The number of nitrogens with zero attached hydrogens (tertiary/aromatic N) is 1. The number of rotatable bonds is 0. The van der Waals surface area contributed by atoms with Crippen molar-refractivity contribution in [3.8, 4) is 6.07 Å². The lowest BCUT2D eigenvalue weighted by Gasteiger charge is -2.21. The van der Waals surface area contributed by atoms with Gasteiger partial charge in [0.1, 0.15) is 0 Å². The molecule has 12 heavy (non-hydrogen) atoms. The molecule has 0 amide bonds. The molecule has 2 nitrogen and oxygen atoms in total. The molecule has 0 aromatic carbocycles. The Bertz CT molecular complexity index is 285. The number of ketones is 1. The van der Waals surface area contributed by atoms with Crippen LogP contribution in [0.5, 0.6) is 0 Å². The van der Waals surface area contributed by atoms with Crippen molar-refractivity contribution in [1.82, 2.24) is 0 Å². The van der Waals surface area contributed by atoms with E-state index in [1.165, 1.54) is 0 Å². The van der Waals surface area contributed by atoms with Crippen LogP contribution in [0.2, 0.25) is 0 Å². The van der Waals surface area contributed by atoms with Gasteiger partial charge < -0.3 is 0 Å². The van der Waals surface area contributed by atoms with Crippen molar-refractivity contribution in [2.75, 3.05) is 0 Å². The zero-order chi connectivity index (χ0) is 8.55. The third kappa shape index (κ3) is 0.972. The minimum atomic E-state index is 0.0873. The number of carbonyl (C=O) groups excluding carboxylic acids is 1. The highest BCUT2D eigenvalue weighted by atomic mass is 16.1. The molecule has 2 aliphatic rings. The van der Waals surface area contributed by atoms with Crippen LogP contribution in [0.25, 0.3) is 0 Å². The van der Waals surface area contributed by atoms with E-state index in [1.807, 2.05) is 6.08 Å². The van der Waals surface area contributed by atoms with E-state index in [4.69, 9.17) is 5.26 Å². The van der Waals surface area contributed by atoms with E-state index in [1.54, 1.807) is 0 Å². The van der Waals surface area contributed by atoms with Crippen LogP contribution in [0.15, 0.2) is 11.6 Å². The molecule has 0 aromatic rings. The van der Waals surface area contributed by atoms with Gasteiger partial charge in [0.15, 0.2) is 5.78 Å². The fourth-order valence-electron chi connectivity index (χ4n) is 2.23. The number of nitriles is 1. The summed E-state index contributed by atoms with van der Waals surface area (Å²) in [6.07, 6.45) is 5.47. The van der Waals surface area contributed by atoms with Crippen LogP contribution in [-0.2, 0) is 4.79 Å². The van der Waals surface area contributed by atoms with Crippen LogP contribution in [0.1, 0.15) is 25.7 Å². The van der Waals surface area contributed by atoms with Gasteiger partial charge >= 0.3 is 0 Å². The summed E-state index contributed by atoms with van der Waals surface area (Å²) in [4.78, 5) is 11.4. The Kier molecular flexibility index (Phi) is 1.73. The van der Waals surface area contributed by atoms with E-state index < -0.39 is 0 Å². The molecule has 0 N–H and O–H groups in total. The van der Waals surface area contributed by atoms with Crippen molar-refractivity contribution in [2.45, 2.75) is 25.7 Å². The molecule has 0 aliphatic heterocycles. The van der Waals surface area contributed by atoms with Gasteiger partial charge in [-0.25, -0.2) is 0 Å². The molecule has 2 rings (SSSR count). The molecule has 0 heterocycles.